The average Bonchev–Trinajstić information content (AvgIpc) is 3.65. The molecule has 2 aromatic rings. The summed E-state index contributed by atoms with van der Waals surface area (Å²) in [5, 5.41) is 6.34. The normalized spacial score (nSPS) is 20.7. The first kappa shape index (κ1) is 28.8. The average molecular weight is 559 g/mol. The highest BCUT2D eigenvalue weighted by Crippen LogP contribution is 2.40. The molecule has 4 heterocycles. The largest absolute Gasteiger partial charge is 0.358 e. The molecule has 5 rings (SSSR count). The fraction of sp³-hybridized carbons (Fsp3) is 0.464. The highest BCUT2D eigenvalue weighted by atomic mass is 35.5. The molecule has 2 saturated heterocycles. The van der Waals surface area contributed by atoms with E-state index in [1.54, 1.807) is 11.0 Å². The van der Waals surface area contributed by atoms with Crippen molar-refractivity contribution in [3.63, 3.8) is 0 Å². The minimum atomic E-state index is -0.497. The molecule has 0 saturated carbocycles. The van der Waals surface area contributed by atoms with Crippen molar-refractivity contribution >= 4 is 47.6 Å². The first-order chi connectivity index (χ1) is 18.2. The van der Waals surface area contributed by atoms with E-state index in [1.165, 1.54) is 18.2 Å². The SMILES string of the molecule is CCN(CC)CCNC(=O)c1c(C)[nH]c(C=C2C(=O)N(C(=O)N3C[C@@H]4C[C@H]3CN4)c3ccc(F)cc32)c1C.Cl. The molecule has 0 aliphatic carbocycles. The van der Waals surface area contributed by atoms with Gasteiger partial charge in [-0.1, -0.05) is 13.8 Å². The fourth-order valence-electron chi connectivity index (χ4n) is 5.88. The lowest BCUT2D eigenvalue weighted by molar-refractivity contribution is -0.112. The Bertz CT molecular complexity index is 1320. The van der Waals surface area contributed by atoms with Crippen molar-refractivity contribution in [3.8, 4) is 0 Å². The number of hydrogen-bond acceptors (Lipinski definition) is 5. The van der Waals surface area contributed by atoms with Crippen molar-refractivity contribution in [1.82, 2.24) is 25.4 Å². The number of fused-ring (bicyclic) bond motifs is 3. The number of likely N-dealkylation sites (tertiary alicyclic amines) is 1. The van der Waals surface area contributed by atoms with Crippen molar-refractivity contribution in [1.29, 1.82) is 0 Å². The molecular formula is C28H36ClFN6O3. The van der Waals surface area contributed by atoms with Crippen LogP contribution >= 0.6 is 12.4 Å². The van der Waals surface area contributed by atoms with Gasteiger partial charge in [0.15, 0.2) is 0 Å². The number of piperazine rings is 1. The monoisotopic (exact) mass is 558 g/mol. The van der Waals surface area contributed by atoms with Gasteiger partial charge in [-0.05, 0) is 63.2 Å². The van der Waals surface area contributed by atoms with Gasteiger partial charge in [0, 0.05) is 55.2 Å². The number of anilines is 1. The van der Waals surface area contributed by atoms with Gasteiger partial charge in [0.05, 0.1) is 16.8 Å². The number of nitrogens with zero attached hydrogens (tertiary/aromatic N) is 3. The third-order valence-electron chi connectivity index (χ3n) is 8.02. The Hall–Kier alpha value is -3.21. The number of halogens is 2. The van der Waals surface area contributed by atoms with Gasteiger partial charge in [0.1, 0.15) is 5.82 Å². The zero-order valence-electron chi connectivity index (χ0n) is 22.8. The predicted molar refractivity (Wildman–Crippen MR) is 152 cm³/mol. The smallest absolute Gasteiger partial charge is 0.332 e. The number of urea groups is 1. The van der Waals surface area contributed by atoms with E-state index in [0.29, 0.717) is 53.4 Å². The Morgan fingerprint density at radius 1 is 1.23 bits per heavy atom. The molecule has 0 spiro atoms. The van der Waals surface area contributed by atoms with Gasteiger partial charge in [0.2, 0.25) is 0 Å². The van der Waals surface area contributed by atoms with Gasteiger partial charge in [-0.25, -0.2) is 14.1 Å². The quantitative estimate of drug-likeness (QED) is 0.453. The predicted octanol–water partition coefficient (Wildman–Crippen LogP) is 3.32. The Morgan fingerprint density at radius 2 is 1.97 bits per heavy atom. The van der Waals surface area contributed by atoms with Crippen LogP contribution in [0.5, 0.6) is 0 Å². The number of rotatable bonds is 7. The van der Waals surface area contributed by atoms with Crippen molar-refractivity contribution in [2.75, 3.05) is 44.2 Å². The van der Waals surface area contributed by atoms with Crippen LogP contribution in [0.15, 0.2) is 18.2 Å². The molecule has 2 fully saturated rings. The summed E-state index contributed by atoms with van der Waals surface area (Å²) in [4.78, 5) is 48.5. The van der Waals surface area contributed by atoms with Crippen molar-refractivity contribution in [2.45, 2.75) is 46.2 Å². The molecule has 0 radical (unpaired) electrons. The number of imide groups is 1. The molecule has 39 heavy (non-hydrogen) atoms. The zero-order valence-corrected chi connectivity index (χ0v) is 23.6. The summed E-state index contributed by atoms with van der Waals surface area (Å²) in [6, 6.07) is 3.94. The number of nitrogens with one attached hydrogen (secondary N) is 3. The maximum Gasteiger partial charge on any atom is 0.332 e. The van der Waals surface area contributed by atoms with Crippen LogP contribution in [0.1, 0.15) is 53.1 Å². The molecule has 4 amide bonds. The third-order valence-corrected chi connectivity index (χ3v) is 8.02. The molecule has 3 aliphatic heterocycles. The molecule has 1 aromatic heterocycles. The number of carbonyl (C=O) groups excluding carboxylic acids is 3. The summed E-state index contributed by atoms with van der Waals surface area (Å²) in [5.74, 6) is -1.18. The first-order valence-corrected chi connectivity index (χ1v) is 13.3. The molecule has 0 unspecified atom stereocenters. The van der Waals surface area contributed by atoms with Gasteiger partial charge in [0.25, 0.3) is 11.8 Å². The molecule has 3 N–H and O–H groups in total. The second-order valence-electron chi connectivity index (χ2n) is 10.2. The number of amides is 4. The Labute approximate surface area is 234 Å². The van der Waals surface area contributed by atoms with E-state index < -0.39 is 11.7 Å². The van der Waals surface area contributed by atoms with Crippen LogP contribution < -0.4 is 15.5 Å². The number of H-pyrrole nitrogens is 1. The minimum Gasteiger partial charge on any atom is -0.358 e. The molecule has 1 aromatic carbocycles. The number of aromatic amines is 1. The van der Waals surface area contributed by atoms with Crippen LogP contribution in [0.3, 0.4) is 0 Å². The van der Waals surface area contributed by atoms with E-state index >= 15 is 0 Å². The van der Waals surface area contributed by atoms with Crippen LogP contribution in [0, 0.1) is 19.7 Å². The molecule has 210 valence electrons. The lowest BCUT2D eigenvalue weighted by Crippen LogP contribution is -2.52. The second kappa shape index (κ2) is 11.5. The van der Waals surface area contributed by atoms with Crippen LogP contribution in [-0.4, -0.2) is 84.0 Å². The Balaban J connectivity index is 0.00000353. The Kier molecular flexibility index (Phi) is 8.48. The number of hydrogen-bond donors (Lipinski definition) is 3. The summed E-state index contributed by atoms with van der Waals surface area (Å²) >= 11 is 0. The summed E-state index contributed by atoms with van der Waals surface area (Å²) in [6.07, 6.45) is 2.49. The Morgan fingerprint density at radius 3 is 2.62 bits per heavy atom. The van der Waals surface area contributed by atoms with Gasteiger partial charge in [-0.3, -0.25) is 9.59 Å². The minimum absolute atomic E-state index is 0. The first-order valence-electron chi connectivity index (χ1n) is 13.3. The number of aromatic nitrogens is 1. The molecular weight excluding hydrogens is 523 g/mol. The summed E-state index contributed by atoms with van der Waals surface area (Å²) < 4.78 is 14.3. The molecule has 3 aliphatic rings. The maximum atomic E-state index is 14.3. The third kappa shape index (κ3) is 5.20. The molecule has 11 heteroatoms. The highest BCUT2D eigenvalue weighted by molar-refractivity contribution is 6.42. The van der Waals surface area contributed by atoms with Crippen molar-refractivity contribution in [2.24, 2.45) is 0 Å². The van der Waals surface area contributed by atoms with Gasteiger partial charge < -0.3 is 25.4 Å². The fourth-order valence-corrected chi connectivity index (χ4v) is 5.88. The summed E-state index contributed by atoms with van der Waals surface area (Å²) in [6.45, 7) is 12.2. The highest BCUT2D eigenvalue weighted by Gasteiger charge is 2.46. The van der Waals surface area contributed by atoms with Crippen molar-refractivity contribution < 1.29 is 18.8 Å². The van der Waals surface area contributed by atoms with E-state index in [2.05, 4.69) is 34.4 Å². The van der Waals surface area contributed by atoms with E-state index in [0.717, 1.165) is 31.0 Å². The lowest BCUT2D eigenvalue weighted by atomic mass is 10.0. The van der Waals surface area contributed by atoms with Crippen LogP contribution in [0.25, 0.3) is 11.6 Å². The standard InChI is InChI=1S/C28H35FN6O3.ClH/c1-5-33(6-2)10-9-30-26(36)25-16(3)23(32-17(25)4)13-22-21-11-18(29)7-8-24(21)35(27(22)37)28(38)34-15-19-12-20(34)14-31-19;/h7-8,11,13,19-20,31-32H,5-6,9-10,12,14-15H2,1-4H3,(H,30,36);1H/t19-,20-;/m0./s1. The van der Waals surface area contributed by atoms with Crippen LogP contribution in [-0.2, 0) is 4.79 Å². The van der Waals surface area contributed by atoms with E-state index in [-0.39, 0.29) is 42.0 Å². The van der Waals surface area contributed by atoms with Crippen molar-refractivity contribution in [3.05, 3.63) is 52.1 Å². The lowest BCUT2D eigenvalue weighted by Gasteiger charge is -2.30. The second-order valence-corrected chi connectivity index (χ2v) is 10.2. The summed E-state index contributed by atoms with van der Waals surface area (Å²) in [7, 11) is 0. The van der Waals surface area contributed by atoms with Crippen LogP contribution in [0.4, 0.5) is 14.9 Å². The number of benzene rings is 1. The molecule has 2 atom stereocenters. The molecule has 9 nitrogen and oxygen atoms in total. The van der Waals surface area contributed by atoms with Gasteiger partial charge in [-0.15, -0.1) is 12.4 Å². The number of likely N-dealkylation sites (N-methyl/N-ethyl adjacent to an activating group) is 1. The molecule has 2 bridgehead atoms. The number of carbonyl (C=O) groups is 3. The van der Waals surface area contributed by atoms with E-state index in [1.807, 2.05) is 13.8 Å². The van der Waals surface area contributed by atoms with E-state index in [9.17, 15) is 18.8 Å². The maximum absolute atomic E-state index is 14.3. The number of aryl methyl sites for hydroxylation is 1. The van der Waals surface area contributed by atoms with Crippen LogP contribution in [0.2, 0.25) is 0 Å². The summed E-state index contributed by atoms with van der Waals surface area (Å²) in [5.41, 5.74) is 3.42. The van der Waals surface area contributed by atoms with Gasteiger partial charge in [-0.2, -0.15) is 0 Å². The van der Waals surface area contributed by atoms with Gasteiger partial charge >= 0.3 is 6.03 Å². The zero-order chi connectivity index (χ0) is 27.1. The topological polar surface area (TPSA) is 101 Å². The van der Waals surface area contributed by atoms with E-state index in [4.69, 9.17) is 0 Å².